The number of ether oxygens (including phenoxy) is 2. The standard InChI is InChI=1S/C17H27NO4Si.C2HF3O2/c1-23(2,3)12-11-21-17(20)15(18)9-10-16(19)22-13-14-7-5-4-6-8-14;3-2(4,5)1(6)7/h4-8,15H,9-13,18H2,1-3H3;(H,6,7)/t15-;/m1./s1. The number of rotatable bonds is 9. The van der Waals surface area contributed by atoms with Crippen LogP contribution in [0.4, 0.5) is 13.2 Å². The van der Waals surface area contributed by atoms with Crippen molar-refractivity contribution in [3.8, 4) is 0 Å². The molecule has 0 radical (unpaired) electrons. The van der Waals surface area contributed by atoms with E-state index in [0.29, 0.717) is 6.61 Å². The highest BCUT2D eigenvalue weighted by Gasteiger charge is 2.38. The van der Waals surface area contributed by atoms with E-state index in [2.05, 4.69) is 19.6 Å². The summed E-state index contributed by atoms with van der Waals surface area (Å²) in [6.45, 7) is 7.27. The number of aliphatic carboxylic acids is 1. The van der Waals surface area contributed by atoms with Crippen LogP contribution >= 0.6 is 0 Å². The fourth-order valence-electron chi connectivity index (χ4n) is 1.77. The lowest BCUT2D eigenvalue weighted by molar-refractivity contribution is -0.192. The van der Waals surface area contributed by atoms with E-state index in [1.165, 1.54) is 0 Å². The SMILES string of the molecule is C[Si](C)(C)CCOC(=O)[C@H](N)CCC(=O)OCc1ccccc1.O=C(O)C(F)(F)F. The minimum Gasteiger partial charge on any atom is -0.475 e. The minimum absolute atomic E-state index is 0.108. The zero-order valence-corrected chi connectivity index (χ0v) is 18.2. The quantitative estimate of drug-likeness (QED) is 0.437. The summed E-state index contributed by atoms with van der Waals surface area (Å²) < 4.78 is 42.0. The zero-order chi connectivity index (χ0) is 23.4. The molecule has 0 saturated carbocycles. The smallest absolute Gasteiger partial charge is 0.475 e. The highest BCUT2D eigenvalue weighted by Crippen LogP contribution is 2.13. The van der Waals surface area contributed by atoms with Crippen LogP contribution < -0.4 is 5.73 Å². The lowest BCUT2D eigenvalue weighted by Gasteiger charge is -2.16. The van der Waals surface area contributed by atoms with Crippen LogP contribution in [-0.4, -0.2) is 49.9 Å². The molecule has 0 aromatic heterocycles. The van der Waals surface area contributed by atoms with Gasteiger partial charge in [-0.2, -0.15) is 13.2 Å². The van der Waals surface area contributed by atoms with Crippen LogP contribution in [-0.2, 0) is 30.5 Å². The van der Waals surface area contributed by atoms with Gasteiger partial charge in [0.15, 0.2) is 0 Å². The number of carbonyl (C=O) groups is 3. The summed E-state index contributed by atoms with van der Waals surface area (Å²) in [6.07, 6.45) is -4.74. The first kappa shape index (κ1) is 27.6. The largest absolute Gasteiger partial charge is 0.490 e. The van der Waals surface area contributed by atoms with Crippen molar-refractivity contribution in [2.75, 3.05) is 6.61 Å². The molecule has 1 aromatic carbocycles. The van der Waals surface area contributed by atoms with Gasteiger partial charge in [-0.05, 0) is 18.0 Å². The van der Waals surface area contributed by atoms with Crippen molar-refractivity contribution in [1.29, 1.82) is 0 Å². The highest BCUT2D eigenvalue weighted by molar-refractivity contribution is 6.76. The van der Waals surface area contributed by atoms with Gasteiger partial charge in [-0.3, -0.25) is 9.59 Å². The second kappa shape index (κ2) is 13.0. The third kappa shape index (κ3) is 14.6. The summed E-state index contributed by atoms with van der Waals surface area (Å²) in [7, 11) is -1.23. The van der Waals surface area contributed by atoms with Gasteiger partial charge in [0.25, 0.3) is 0 Å². The first-order valence-corrected chi connectivity index (χ1v) is 12.8. The van der Waals surface area contributed by atoms with E-state index in [0.717, 1.165) is 11.6 Å². The molecule has 1 rings (SSSR count). The van der Waals surface area contributed by atoms with Crippen LogP contribution in [0, 0.1) is 0 Å². The molecule has 7 nitrogen and oxygen atoms in total. The van der Waals surface area contributed by atoms with E-state index in [1.807, 2.05) is 30.3 Å². The molecule has 0 spiro atoms. The van der Waals surface area contributed by atoms with Crippen molar-refractivity contribution in [3.63, 3.8) is 0 Å². The van der Waals surface area contributed by atoms with Crippen molar-refractivity contribution in [1.82, 2.24) is 0 Å². The second-order valence-corrected chi connectivity index (χ2v) is 13.2. The lowest BCUT2D eigenvalue weighted by Crippen LogP contribution is -2.34. The Morgan fingerprint density at radius 3 is 2.10 bits per heavy atom. The molecular weight excluding hydrogens is 423 g/mol. The number of nitrogens with two attached hydrogens (primary N) is 1. The zero-order valence-electron chi connectivity index (χ0n) is 17.2. The normalized spacial score (nSPS) is 12.2. The first-order chi connectivity index (χ1) is 13.7. The molecule has 0 saturated heterocycles. The average molecular weight is 452 g/mol. The Labute approximate surface area is 174 Å². The Morgan fingerprint density at radius 2 is 1.63 bits per heavy atom. The van der Waals surface area contributed by atoms with Crippen LogP contribution in [0.5, 0.6) is 0 Å². The molecule has 1 atom stereocenters. The summed E-state index contributed by atoms with van der Waals surface area (Å²) in [5.41, 5.74) is 6.68. The number of halogens is 3. The number of benzene rings is 1. The predicted molar refractivity (Wildman–Crippen MR) is 106 cm³/mol. The molecule has 0 unspecified atom stereocenters. The summed E-state index contributed by atoms with van der Waals surface area (Å²) in [5.74, 6) is -3.56. The number of hydrogen-bond acceptors (Lipinski definition) is 6. The number of alkyl halides is 3. The summed E-state index contributed by atoms with van der Waals surface area (Å²) in [4.78, 5) is 32.3. The molecule has 11 heteroatoms. The lowest BCUT2D eigenvalue weighted by atomic mass is 10.2. The van der Waals surface area contributed by atoms with Crippen molar-refractivity contribution < 1.29 is 42.1 Å². The highest BCUT2D eigenvalue weighted by atomic mass is 28.3. The molecular formula is C19H28F3NO6Si. The molecule has 0 fully saturated rings. The third-order valence-electron chi connectivity index (χ3n) is 3.54. The Bertz CT molecular complexity index is 677. The van der Waals surface area contributed by atoms with E-state index < -0.39 is 32.2 Å². The Balaban J connectivity index is 0.00000103. The minimum atomic E-state index is -5.08. The number of hydrogen-bond donors (Lipinski definition) is 2. The number of esters is 2. The van der Waals surface area contributed by atoms with E-state index in [4.69, 9.17) is 25.1 Å². The van der Waals surface area contributed by atoms with Gasteiger partial charge in [0.2, 0.25) is 0 Å². The Hall–Kier alpha value is -2.40. The van der Waals surface area contributed by atoms with Crippen LogP contribution in [0.3, 0.4) is 0 Å². The summed E-state index contributed by atoms with van der Waals surface area (Å²) in [5, 5.41) is 7.12. The fourth-order valence-corrected chi connectivity index (χ4v) is 2.48. The van der Waals surface area contributed by atoms with Gasteiger partial charge >= 0.3 is 24.1 Å². The van der Waals surface area contributed by atoms with Gasteiger partial charge in [0, 0.05) is 14.5 Å². The van der Waals surface area contributed by atoms with Gasteiger partial charge < -0.3 is 20.3 Å². The van der Waals surface area contributed by atoms with Crippen LogP contribution in [0.25, 0.3) is 0 Å². The molecule has 0 aliphatic rings. The topological polar surface area (TPSA) is 116 Å². The van der Waals surface area contributed by atoms with Gasteiger partial charge in [0.05, 0.1) is 6.61 Å². The fraction of sp³-hybridized carbons (Fsp3) is 0.526. The van der Waals surface area contributed by atoms with Gasteiger partial charge in [0.1, 0.15) is 12.6 Å². The van der Waals surface area contributed by atoms with E-state index in [9.17, 15) is 22.8 Å². The van der Waals surface area contributed by atoms with Crippen LogP contribution in [0.15, 0.2) is 30.3 Å². The molecule has 0 aliphatic heterocycles. The monoisotopic (exact) mass is 451 g/mol. The predicted octanol–water partition coefficient (Wildman–Crippen LogP) is 3.35. The molecule has 170 valence electrons. The number of carboxylic acids is 1. The second-order valence-electron chi connectivity index (χ2n) is 7.57. The molecule has 30 heavy (non-hydrogen) atoms. The van der Waals surface area contributed by atoms with E-state index in [1.54, 1.807) is 0 Å². The Kier molecular flexibility index (Phi) is 12.0. The summed E-state index contributed by atoms with van der Waals surface area (Å²) in [6, 6.07) is 9.57. The van der Waals surface area contributed by atoms with Gasteiger partial charge in [-0.15, -0.1) is 0 Å². The van der Waals surface area contributed by atoms with E-state index >= 15 is 0 Å². The molecule has 0 aliphatic carbocycles. The third-order valence-corrected chi connectivity index (χ3v) is 5.25. The maximum Gasteiger partial charge on any atom is 0.490 e. The first-order valence-electron chi connectivity index (χ1n) is 9.14. The maximum absolute atomic E-state index is 11.7. The average Bonchev–Trinajstić information content (AvgIpc) is 2.63. The molecule has 1 aromatic rings. The molecule has 0 heterocycles. The van der Waals surface area contributed by atoms with Crippen molar-refractivity contribution >= 4 is 26.0 Å². The Morgan fingerprint density at radius 1 is 1.10 bits per heavy atom. The van der Waals surface area contributed by atoms with Gasteiger partial charge in [-0.25, -0.2) is 4.79 Å². The molecule has 3 N–H and O–H groups in total. The van der Waals surface area contributed by atoms with Crippen molar-refractivity contribution in [2.24, 2.45) is 5.73 Å². The van der Waals surface area contributed by atoms with Crippen LogP contribution in [0.2, 0.25) is 25.7 Å². The van der Waals surface area contributed by atoms with Crippen LogP contribution in [0.1, 0.15) is 18.4 Å². The number of carboxylic acid groups (broad SMARTS) is 1. The van der Waals surface area contributed by atoms with Gasteiger partial charge in [-0.1, -0.05) is 50.0 Å². The summed E-state index contributed by atoms with van der Waals surface area (Å²) >= 11 is 0. The maximum atomic E-state index is 11.7. The van der Waals surface area contributed by atoms with Crippen molar-refractivity contribution in [2.45, 2.75) is 57.4 Å². The molecule has 0 bridgehead atoms. The van der Waals surface area contributed by atoms with Crippen molar-refractivity contribution in [3.05, 3.63) is 35.9 Å². The number of carbonyl (C=O) groups excluding carboxylic acids is 2. The van der Waals surface area contributed by atoms with E-state index in [-0.39, 0.29) is 25.4 Å². The molecule has 0 amide bonds.